The average molecular weight is 274 g/mol. The highest BCUT2D eigenvalue weighted by molar-refractivity contribution is 5.87. The van der Waals surface area contributed by atoms with Gasteiger partial charge in [-0.25, -0.2) is 4.79 Å². The third-order valence-corrected chi connectivity index (χ3v) is 3.03. The Balaban J connectivity index is 2.41. The molecule has 1 aromatic rings. The second-order valence-corrected chi connectivity index (χ2v) is 4.38. The van der Waals surface area contributed by atoms with Gasteiger partial charge in [0.25, 0.3) is 5.69 Å². The van der Waals surface area contributed by atoms with Crippen LogP contribution in [0.2, 0.25) is 0 Å². The molecule has 2 rings (SSSR count). The first-order valence-corrected chi connectivity index (χ1v) is 6.17. The van der Waals surface area contributed by atoms with Crippen LogP contribution in [-0.2, 0) is 4.79 Å². The van der Waals surface area contributed by atoms with Gasteiger partial charge in [0, 0.05) is 42.5 Å². The molecule has 0 unspecified atom stereocenters. The Labute approximate surface area is 115 Å². The molecule has 0 radical (unpaired) electrons. The van der Waals surface area contributed by atoms with Crippen molar-refractivity contribution in [2.45, 2.75) is 6.42 Å². The fourth-order valence-electron chi connectivity index (χ4n) is 2.10. The van der Waals surface area contributed by atoms with E-state index in [1.807, 2.05) is 6.08 Å². The second kappa shape index (κ2) is 6.01. The molecule has 1 aromatic carbocycles. The predicted molar refractivity (Wildman–Crippen MR) is 75.7 cm³/mol. The Hall–Kier alpha value is -2.63. The number of rotatable bonds is 4. The highest BCUT2D eigenvalue weighted by Gasteiger charge is 2.14. The summed E-state index contributed by atoms with van der Waals surface area (Å²) < 4.78 is 0. The van der Waals surface area contributed by atoms with Gasteiger partial charge < -0.3 is 10.0 Å². The van der Waals surface area contributed by atoms with Crippen LogP contribution in [-0.4, -0.2) is 29.1 Å². The summed E-state index contributed by atoms with van der Waals surface area (Å²) in [5, 5.41) is 19.5. The first-order valence-electron chi connectivity index (χ1n) is 6.17. The van der Waals surface area contributed by atoms with E-state index in [2.05, 4.69) is 11.0 Å². The molecule has 0 bridgehead atoms. The smallest absolute Gasteiger partial charge is 0.328 e. The van der Waals surface area contributed by atoms with Crippen LogP contribution in [0.3, 0.4) is 0 Å². The molecule has 0 aromatic heterocycles. The lowest BCUT2D eigenvalue weighted by atomic mass is 10.1. The van der Waals surface area contributed by atoms with Crippen molar-refractivity contribution >= 4 is 23.4 Å². The summed E-state index contributed by atoms with van der Waals surface area (Å²) in [7, 11) is 0. The third-order valence-electron chi connectivity index (χ3n) is 3.03. The van der Waals surface area contributed by atoms with Crippen LogP contribution in [0.15, 0.2) is 36.4 Å². The summed E-state index contributed by atoms with van der Waals surface area (Å²) in [6.45, 7) is 1.52. The lowest BCUT2D eigenvalue weighted by Gasteiger charge is -2.27. The number of hydrogen-bond donors (Lipinski definition) is 1. The van der Waals surface area contributed by atoms with E-state index in [9.17, 15) is 14.9 Å². The van der Waals surface area contributed by atoms with E-state index >= 15 is 0 Å². The van der Waals surface area contributed by atoms with Crippen LogP contribution in [0.5, 0.6) is 0 Å². The molecule has 1 aliphatic rings. The monoisotopic (exact) mass is 274 g/mol. The number of benzene rings is 1. The molecule has 104 valence electrons. The van der Waals surface area contributed by atoms with Gasteiger partial charge in [0.1, 0.15) is 0 Å². The summed E-state index contributed by atoms with van der Waals surface area (Å²) in [6.07, 6.45) is 7.38. The topological polar surface area (TPSA) is 83.7 Å². The fourth-order valence-corrected chi connectivity index (χ4v) is 2.10. The van der Waals surface area contributed by atoms with Crippen molar-refractivity contribution in [3.05, 3.63) is 52.1 Å². The maximum atomic E-state index is 10.8. The second-order valence-electron chi connectivity index (χ2n) is 4.38. The Bertz CT molecular complexity index is 593. The molecular weight excluding hydrogens is 260 g/mol. The third kappa shape index (κ3) is 3.23. The summed E-state index contributed by atoms with van der Waals surface area (Å²) in [5.74, 6) is -1.08. The van der Waals surface area contributed by atoms with Crippen LogP contribution in [0.25, 0.3) is 6.08 Å². The molecule has 0 aliphatic carbocycles. The van der Waals surface area contributed by atoms with Gasteiger partial charge >= 0.3 is 5.97 Å². The minimum Gasteiger partial charge on any atom is -0.478 e. The van der Waals surface area contributed by atoms with Gasteiger partial charge in [0.05, 0.1) is 4.92 Å². The number of aliphatic carboxylic acids is 1. The lowest BCUT2D eigenvalue weighted by Crippen LogP contribution is -2.27. The predicted octanol–water partition coefficient (Wildman–Crippen LogP) is 2.46. The summed E-state index contributed by atoms with van der Waals surface area (Å²) in [4.78, 5) is 23.0. The fraction of sp³-hybridized carbons (Fsp3) is 0.214. The molecule has 1 aliphatic heterocycles. The van der Waals surface area contributed by atoms with Crippen molar-refractivity contribution in [3.8, 4) is 0 Å². The first kappa shape index (κ1) is 13.8. The van der Waals surface area contributed by atoms with Crippen molar-refractivity contribution in [2.24, 2.45) is 0 Å². The zero-order valence-corrected chi connectivity index (χ0v) is 10.7. The molecular formula is C14H14N2O4. The maximum Gasteiger partial charge on any atom is 0.328 e. The highest BCUT2D eigenvalue weighted by Crippen LogP contribution is 2.27. The molecule has 0 amide bonds. The van der Waals surface area contributed by atoms with Gasteiger partial charge in [-0.15, -0.1) is 0 Å². The van der Waals surface area contributed by atoms with Crippen LogP contribution in [0.4, 0.5) is 11.4 Å². The maximum absolute atomic E-state index is 10.8. The number of hydrogen-bond acceptors (Lipinski definition) is 4. The number of carboxylic acids is 1. The summed E-state index contributed by atoms with van der Waals surface area (Å²) in [6, 6.07) is 4.50. The van der Waals surface area contributed by atoms with E-state index in [1.165, 1.54) is 18.2 Å². The van der Waals surface area contributed by atoms with E-state index in [0.29, 0.717) is 12.1 Å². The lowest BCUT2D eigenvalue weighted by molar-refractivity contribution is -0.384. The molecule has 1 heterocycles. The standard InChI is InChI=1S/C14H14N2O4/c17-14(18)7-4-11-10-12(16(19)20)5-6-13(11)15-8-2-1-3-9-15/h1-2,4-7,10H,3,8-9H2,(H,17,18)/b7-4+. The van der Waals surface area contributed by atoms with E-state index in [1.54, 1.807) is 6.07 Å². The average Bonchev–Trinajstić information content (AvgIpc) is 2.45. The Kier molecular flexibility index (Phi) is 4.14. The van der Waals surface area contributed by atoms with Crippen molar-refractivity contribution in [1.29, 1.82) is 0 Å². The number of non-ortho nitro benzene ring substituents is 1. The van der Waals surface area contributed by atoms with Crippen LogP contribution in [0.1, 0.15) is 12.0 Å². The first-order chi connectivity index (χ1) is 9.58. The molecule has 0 saturated heterocycles. The van der Waals surface area contributed by atoms with Crippen molar-refractivity contribution < 1.29 is 14.8 Å². The van der Waals surface area contributed by atoms with Crippen LogP contribution >= 0.6 is 0 Å². The molecule has 6 nitrogen and oxygen atoms in total. The normalized spacial score (nSPS) is 14.7. The number of carbonyl (C=O) groups is 1. The molecule has 0 spiro atoms. The molecule has 0 atom stereocenters. The van der Waals surface area contributed by atoms with Gasteiger partial charge in [-0.3, -0.25) is 10.1 Å². The van der Waals surface area contributed by atoms with Crippen LogP contribution < -0.4 is 4.90 Å². The van der Waals surface area contributed by atoms with Gasteiger partial charge in [-0.1, -0.05) is 12.2 Å². The van der Waals surface area contributed by atoms with Gasteiger partial charge in [0.2, 0.25) is 0 Å². The minimum absolute atomic E-state index is 0.0497. The highest BCUT2D eigenvalue weighted by atomic mass is 16.6. The largest absolute Gasteiger partial charge is 0.478 e. The number of carboxylic acid groups (broad SMARTS) is 1. The van der Waals surface area contributed by atoms with Gasteiger partial charge in [-0.05, 0) is 18.6 Å². The quantitative estimate of drug-likeness (QED) is 0.394. The molecule has 20 heavy (non-hydrogen) atoms. The minimum atomic E-state index is -1.08. The zero-order chi connectivity index (χ0) is 14.5. The molecule has 0 saturated carbocycles. The Morgan fingerprint density at radius 1 is 1.40 bits per heavy atom. The number of nitrogens with zero attached hydrogens (tertiary/aromatic N) is 2. The van der Waals surface area contributed by atoms with Crippen molar-refractivity contribution in [1.82, 2.24) is 0 Å². The summed E-state index contributed by atoms with van der Waals surface area (Å²) >= 11 is 0. The van der Waals surface area contributed by atoms with Crippen molar-refractivity contribution in [3.63, 3.8) is 0 Å². The molecule has 0 fully saturated rings. The van der Waals surface area contributed by atoms with Gasteiger partial charge in [0.15, 0.2) is 0 Å². The van der Waals surface area contributed by atoms with Crippen molar-refractivity contribution in [2.75, 3.05) is 18.0 Å². The Morgan fingerprint density at radius 3 is 2.80 bits per heavy atom. The summed E-state index contributed by atoms with van der Waals surface area (Å²) in [5.41, 5.74) is 1.29. The number of anilines is 1. The molecule has 1 N–H and O–H groups in total. The van der Waals surface area contributed by atoms with E-state index in [4.69, 9.17) is 5.11 Å². The SMILES string of the molecule is O=C(O)/C=C/c1cc([N+](=O)[O-])ccc1N1CC=CCC1. The Morgan fingerprint density at radius 2 is 2.20 bits per heavy atom. The number of nitro groups is 1. The van der Waals surface area contributed by atoms with E-state index in [-0.39, 0.29) is 5.69 Å². The zero-order valence-electron chi connectivity index (χ0n) is 10.7. The van der Waals surface area contributed by atoms with E-state index in [0.717, 1.165) is 24.7 Å². The van der Waals surface area contributed by atoms with Gasteiger partial charge in [-0.2, -0.15) is 0 Å². The van der Waals surface area contributed by atoms with Crippen LogP contribution in [0, 0.1) is 10.1 Å². The number of nitro benzene ring substituents is 1. The van der Waals surface area contributed by atoms with E-state index < -0.39 is 10.9 Å². The molecule has 6 heteroatoms.